The molecule has 1 N–H and O–H groups in total. The molecule has 120 valence electrons. The molecule has 5 nitrogen and oxygen atoms in total. The first-order valence-corrected chi connectivity index (χ1v) is 7.73. The fourth-order valence-electron chi connectivity index (χ4n) is 2.74. The Bertz CT molecular complexity index is 689. The van der Waals surface area contributed by atoms with E-state index < -0.39 is 0 Å². The normalized spacial score (nSPS) is 17.8. The number of benzene rings is 1. The van der Waals surface area contributed by atoms with Gasteiger partial charge < -0.3 is 10.2 Å². The van der Waals surface area contributed by atoms with Gasteiger partial charge in [-0.05, 0) is 50.1 Å². The Morgan fingerprint density at radius 1 is 1.30 bits per heavy atom. The molecule has 1 aliphatic heterocycles. The Labute approximate surface area is 134 Å². The zero-order chi connectivity index (χ0) is 16.2. The standard InChI is InChI=1S/C17H19FN4O/c1-12-8-9-19-17(20-12)22-10-2-3-13(11-22)16(23)21-15-6-4-14(18)5-7-15/h4-9,13H,2-3,10-11H2,1H3,(H,21,23). The van der Waals surface area contributed by atoms with Crippen molar-refractivity contribution in [2.75, 3.05) is 23.3 Å². The first kappa shape index (κ1) is 15.4. The maximum Gasteiger partial charge on any atom is 0.229 e. The van der Waals surface area contributed by atoms with Crippen molar-refractivity contribution in [2.45, 2.75) is 19.8 Å². The van der Waals surface area contributed by atoms with Gasteiger partial charge in [-0.1, -0.05) is 0 Å². The van der Waals surface area contributed by atoms with Crippen molar-refractivity contribution in [1.82, 2.24) is 9.97 Å². The molecule has 1 saturated heterocycles. The topological polar surface area (TPSA) is 58.1 Å². The van der Waals surface area contributed by atoms with E-state index in [4.69, 9.17) is 0 Å². The first-order valence-electron chi connectivity index (χ1n) is 7.73. The van der Waals surface area contributed by atoms with Crippen molar-refractivity contribution < 1.29 is 9.18 Å². The fourth-order valence-corrected chi connectivity index (χ4v) is 2.74. The molecule has 0 aliphatic carbocycles. The number of anilines is 2. The molecule has 1 aliphatic rings. The van der Waals surface area contributed by atoms with Crippen LogP contribution >= 0.6 is 0 Å². The predicted octanol–water partition coefficient (Wildman–Crippen LogP) is 2.78. The van der Waals surface area contributed by atoms with Gasteiger partial charge in [0.2, 0.25) is 11.9 Å². The minimum Gasteiger partial charge on any atom is -0.340 e. The quantitative estimate of drug-likeness (QED) is 0.946. The van der Waals surface area contributed by atoms with E-state index in [9.17, 15) is 9.18 Å². The lowest BCUT2D eigenvalue weighted by Gasteiger charge is -2.32. The molecule has 6 heteroatoms. The van der Waals surface area contributed by atoms with Gasteiger partial charge >= 0.3 is 0 Å². The number of hydrogen-bond acceptors (Lipinski definition) is 4. The number of carbonyl (C=O) groups is 1. The minimum absolute atomic E-state index is 0.0473. The number of amides is 1. The molecule has 1 fully saturated rings. The van der Waals surface area contributed by atoms with Crippen LogP contribution in [0.3, 0.4) is 0 Å². The lowest BCUT2D eigenvalue weighted by Crippen LogP contribution is -2.41. The van der Waals surface area contributed by atoms with Gasteiger partial charge in [0, 0.05) is 30.7 Å². The highest BCUT2D eigenvalue weighted by Gasteiger charge is 2.27. The van der Waals surface area contributed by atoms with Crippen molar-refractivity contribution in [3.8, 4) is 0 Å². The number of nitrogens with one attached hydrogen (secondary N) is 1. The van der Waals surface area contributed by atoms with Gasteiger partial charge in [0.1, 0.15) is 5.82 Å². The molecule has 23 heavy (non-hydrogen) atoms. The van der Waals surface area contributed by atoms with Crippen LogP contribution in [-0.2, 0) is 4.79 Å². The van der Waals surface area contributed by atoms with E-state index in [1.165, 1.54) is 12.1 Å². The van der Waals surface area contributed by atoms with Gasteiger partial charge in [-0.15, -0.1) is 0 Å². The van der Waals surface area contributed by atoms with E-state index >= 15 is 0 Å². The molecule has 1 unspecified atom stereocenters. The van der Waals surface area contributed by atoms with E-state index in [1.54, 1.807) is 18.3 Å². The van der Waals surface area contributed by atoms with Gasteiger partial charge in [0.05, 0.1) is 5.92 Å². The van der Waals surface area contributed by atoms with Crippen LogP contribution in [0.5, 0.6) is 0 Å². The van der Waals surface area contributed by atoms with Crippen LogP contribution in [0.2, 0.25) is 0 Å². The van der Waals surface area contributed by atoms with Crippen LogP contribution in [-0.4, -0.2) is 29.0 Å². The summed E-state index contributed by atoms with van der Waals surface area (Å²) in [5.41, 5.74) is 1.52. The van der Waals surface area contributed by atoms with Crippen LogP contribution in [0.4, 0.5) is 16.0 Å². The van der Waals surface area contributed by atoms with Crippen molar-refractivity contribution in [2.24, 2.45) is 5.92 Å². The minimum atomic E-state index is -0.316. The molecule has 0 bridgehead atoms. The number of piperidine rings is 1. The third-order valence-corrected chi connectivity index (χ3v) is 3.97. The van der Waals surface area contributed by atoms with E-state index in [0.29, 0.717) is 18.2 Å². The third-order valence-electron chi connectivity index (χ3n) is 3.97. The summed E-state index contributed by atoms with van der Waals surface area (Å²) in [5, 5.41) is 2.85. The Morgan fingerprint density at radius 2 is 2.09 bits per heavy atom. The molecule has 3 rings (SSSR count). The molecule has 2 aromatic rings. The number of aromatic nitrogens is 2. The number of nitrogens with zero attached hydrogens (tertiary/aromatic N) is 3. The summed E-state index contributed by atoms with van der Waals surface area (Å²) in [4.78, 5) is 23.2. The van der Waals surface area contributed by atoms with Crippen molar-refractivity contribution in [3.05, 3.63) is 48.0 Å². The summed E-state index contributed by atoms with van der Waals surface area (Å²) in [6.45, 7) is 3.37. The molecule has 0 saturated carbocycles. The van der Waals surface area contributed by atoms with Crippen molar-refractivity contribution in [1.29, 1.82) is 0 Å². The second-order valence-electron chi connectivity index (χ2n) is 5.78. The van der Waals surface area contributed by atoms with Crippen LogP contribution < -0.4 is 10.2 Å². The molecule has 1 aromatic heterocycles. The molecule has 1 amide bonds. The van der Waals surface area contributed by atoms with Crippen LogP contribution in [0.15, 0.2) is 36.5 Å². The van der Waals surface area contributed by atoms with E-state index in [0.717, 1.165) is 25.1 Å². The maximum atomic E-state index is 12.9. The molecule has 2 heterocycles. The third kappa shape index (κ3) is 3.83. The fraction of sp³-hybridized carbons (Fsp3) is 0.353. The number of rotatable bonds is 3. The SMILES string of the molecule is Cc1ccnc(N2CCCC(C(=O)Nc3ccc(F)cc3)C2)n1. The summed E-state index contributed by atoms with van der Waals surface area (Å²) in [6, 6.07) is 7.66. The second kappa shape index (κ2) is 6.73. The molecule has 1 atom stereocenters. The van der Waals surface area contributed by atoms with Crippen LogP contribution in [0, 0.1) is 18.7 Å². The smallest absolute Gasteiger partial charge is 0.229 e. The van der Waals surface area contributed by atoms with Gasteiger partial charge in [0.15, 0.2) is 0 Å². The average Bonchev–Trinajstić information content (AvgIpc) is 2.57. The molecular weight excluding hydrogens is 295 g/mol. The Kier molecular flexibility index (Phi) is 4.50. The number of carbonyl (C=O) groups excluding carboxylic acids is 1. The lowest BCUT2D eigenvalue weighted by molar-refractivity contribution is -0.120. The summed E-state index contributed by atoms with van der Waals surface area (Å²) >= 11 is 0. The molecule has 1 aromatic carbocycles. The predicted molar refractivity (Wildman–Crippen MR) is 86.7 cm³/mol. The number of halogens is 1. The van der Waals surface area contributed by atoms with Gasteiger partial charge in [-0.2, -0.15) is 0 Å². The highest BCUT2D eigenvalue weighted by molar-refractivity contribution is 5.93. The molecular formula is C17H19FN4O. The monoisotopic (exact) mass is 314 g/mol. The maximum absolute atomic E-state index is 12.9. The lowest BCUT2D eigenvalue weighted by atomic mass is 9.97. The second-order valence-corrected chi connectivity index (χ2v) is 5.78. The van der Waals surface area contributed by atoms with Gasteiger partial charge in [0.25, 0.3) is 0 Å². The summed E-state index contributed by atoms with van der Waals surface area (Å²) < 4.78 is 12.9. The van der Waals surface area contributed by atoms with Crippen LogP contribution in [0.25, 0.3) is 0 Å². The van der Waals surface area contributed by atoms with Gasteiger partial charge in [-0.25, -0.2) is 14.4 Å². The summed E-state index contributed by atoms with van der Waals surface area (Å²) in [7, 11) is 0. The van der Waals surface area contributed by atoms with Crippen molar-refractivity contribution in [3.63, 3.8) is 0 Å². The van der Waals surface area contributed by atoms with E-state index in [-0.39, 0.29) is 17.6 Å². The largest absolute Gasteiger partial charge is 0.340 e. The average molecular weight is 314 g/mol. The number of hydrogen-bond donors (Lipinski definition) is 1. The zero-order valence-corrected chi connectivity index (χ0v) is 13.0. The zero-order valence-electron chi connectivity index (χ0n) is 13.0. The van der Waals surface area contributed by atoms with Crippen molar-refractivity contribution >= 4 is 17.5 Å². The van der Waals surface area contributed by atoms with E-state index in [1.807, 2.05) is 17.9 Å². The van der Waals surface area contributed by atoms with E-state index in [2.05, 4.69) is 15.3 Å². The highest BCUT2D eigenvalue weighted by atomic mass is 19.1. The first-order chi connectivity index (χ1) is 11.1. The summed E-state index contributed by atoms with van der Waals surface area (Å²) in [6.07, 6.45) is 3.48. The highest BCUT2D eigenvalue weighted by Crippen LogP contribution is 2.22. The summed E-state index contributed by atoms with van der Waals surface area (Å²) in [5.74, 6) is 0.180. The molecule has 0 radical (unpaired) electrons. The Balaban J connectivity index is 1.65. The van der Waals surface area contributed by atoms with Gasteiger partial charge in [-0.3, -0.25) is 4.79 Å². The Hall–Kier alpha value is -2.50. The number of aryl methyl sites for hydroxylation is 1. The van der Waals surface area contributed by atoms with Crippen LogP contribution in [0.1, 0.15) is 18.5 Å². The Morgan fingerprint density at radius 3 is 2.83 bits per heavy atom. The molecule has 0 spiro atoms.